The number of ether oxygens (including phenoxy) is 1. The minimum absolute atomic E-state index is 0.258. The van der Waals surface area contributed by atoms with Gasteiger partial charge >= 0.3 is 0 Å². The average molecular weight is 335 g/mol. The van der Waals surface area contributed by atoms with E-state index in [9.17, 15) is 5.11 Å². The van der Waals surface area contributed by atoms with Gasteiger partial charge in [0.05, 0.1) is 18.4 Å². The molecule has 2 fully saturated rings. The van der Waals surface area contributed by atoms with Gasteiger partial charge in [-0.2, -0.15) is 4.98 Å². The van der Waals surface area contributed by atoms with Crippen molar-refractivity contribution in [3.63, 3.8) is 0 Å². The van der Waals surface area contributed by atoms with E-state index in [0.29, 0.717) is 19.0 Å². The van der Waals surface area contributed by atoms with Crippen molar-refractivity contribution in [2.45, 2.75) is 25.4 Å². The molecule has 2 saturated heterocycles. The molecule has 2 aliphatic heterocycles. The third-order valence-electron chi connectivity index (χ3n) is 4.74. The third kappa shape index (κ3) is 3.96. The summed E-state index contributed by atoms with van der Waals surface area (Å²) in [4.78, 5) is 16.1. The van der Waals surface area contributed by atoms with E-state index in [-0.39, 0.29) is 6.10 Å². The quantitative estimate of drug-likeness (QED) is 0.780. The van der Waals surface area contributed by atoms with Crippen LogP contribution in [0.4, 0.5) is 11.8 Å². The molecule has 24 heavy (non-hydrogen) atoms. The summed E-state index contributed by atoms with van der Waals surface area (Å²) < 4.78 is 5.54. The molecule has 3 heterocycles. The lowest BCUT2D eigenvalue weighted by Crippen LogP contribution is -2.51. The van der Waals surface area contributed by atoms with Gasteiger partial charge in [-0.3, -0.25) is 0 Å². The Labute approximate surface area is 144 Å². The van der Waals surface area contributed by atoms with Gasteiger partial charge < -0.3 is 24.5 Å². The zero-order valence-corrected chi connectivity index (χ0v) is 15.0. The summed E-state index contributed by atoms with van der Waals surface area (Å²) in [6.07, 6.45) is 0.758. The molecule has 0 bridgehead atoms. The number of hydrogen-bond donors (Lipinski definition) is 1. The van der Waals surface area contributed by atoms with Crippen molar-refractivity contribution in [2.75, 3.05) is 69.8 Å². The van der Waals surface area contributed by atoms with Crippen LogP contribution in [0.15, 0.2) is 6.07 Å². The van der Waals surface area contributed by atoms with E-state index >= 15 is 0 Å². The van der Waals surface area contributed by atoms with Crippen LogP contribution in [0.2, 0.25) is 0 Å². The maximum atomic E-state index is 9.60. The first-order valence-corrected chi connectivity index (χ1v) is 8.86. The molecule has 3 rings (SSSR count). The number of anilines is 2. The Hall–Kier alpha value is -1.44. The molecule has 1 aromatic heterocycles. The highest BCUT2D eigenvalue weighted by atomic mass is 16.5. The van der Waals surface area contributed by atoms with Crippen LogP contribution < -0.4 is 9.80 Å². The molecule has 0 saturated carbocycles. The summed E-state index contributed by atoms with van der Waals surface area (Å²) in [5.41, 5.74) is 1.07. The van der Waals surface area contributed by atoms with Crippen LogP contribution in [0, 0.1) is 0 Å². The van der Waals surface area contributed by atoms with Crippen LogP contribution >= 0.6 is 0 Å². The maximum absolute atomic E-state index is 9.60. The fraction of sp³-hybridized carbons (Fsp3) is 0.765. The van der Waals surface area contributed by atoms with Crippen LogP contribution in [0.25, 0.3) is 0 Å². The Morgan fingerprint density at radius 3 is 2.67 bits per heavy atom. The number of aliphatic hydroxyl groups is 1. The minimum Gasteiger partial charge on any atom is -0.389 e. The molecule has 7 nitrogen and oxygen atoms in total. The maximum Gasteiger partial charge on any atom is 0.227 e. The first-order valence-electron chi connectivity index (χ1n) is 8.86. The van der Waals surface area contributed by atoms with E-state index < -0.39 is 0 Å². The smallest absolute Gasteiger partial charge is 0.227 e. The summed E-state index contributed by atoms with van der Waals surface area (Å²) in [6.45, 7) is 7.77. The predicted molar refractivity (Wildman–Crippen MR) is 94.9 cm³/mol. The van der Waals surface area contributed by atoms with Crippen molar-refractivity contribution in [1.82, 2.24) is 14.9 Å². The van der Waals surface area contributed by atoms with E-state index in [1.165, 1.54) is 0 Å². The number of aromatic nitrogens is 2. The molecule has 0 spiro atoms. The molecule has 1 atom stereocenters. The molecule has 2 aliphatic rings. The SMILES string of the molecule is CCN(CCN(C)C)c1cc([C@@H]2CCOC2)nc(N2CC(O)C2)n1. The van der Waals surface area contributed by atoms with E-state index in [0.717, 1.165) is 56.7 Å². The van der Waals surface area contributed by atoms with Crippen LogP contribution in [0.3, 0.4) is 0 Å². The topological polar surface area (TPSA) is 65.0 Å². The lowest BCUT2D eigenvalue weighted by molar-refractivity contribution is 0.140. The average Bonchev–Trinajstić information content (AvgIpc) is 3.06. The standard InChI is InChI=1S/C17H29N5O2/c1-4-21(7-6-20(2)3)16-9-15(13-5-8-24-12-13)18-17(19-16)22-10-14(23)11-22/h9,13-14,23H,4-8,10-12H2,1-3H3/t13-/m1/s1. The van der Waals surface area contributed by atoms with Gasteiger partial charge in [0.2, 0.25) is 5.95 Å². The van der Waals surface area contributed by atoms with Gasteiger partial charge in [0.15, 0.2) is 0 Å². The lowest BCUT2D eigenvalue weighted by Gasteiger charge is -2.36. The first-order chi connectivity index (χ1) is 11.6. The Bertz CT molecular complexity index is 542. The van der Waals surface area contributed by atoms with E-state index in [1.807, 2.05) is 4.90 Å². The first kappa shape index (κ1) is 17.4. The summed E-state index contributed by atoms with van der Waals surface area (Å²) in [5, 5.41) is 9.60. The second-order valence-corrected chi connectivity index (χ2v) is 6.95. The van der Waals surface area contributed by atoms with Gasteiger partial charge in [-0.25, -0.2) is 4.98 Å². The normalized spacial score (nSPS) is 21.4. The number of nitrogens with zero attached hydrogens (tertiary/aromatic N) is 5. The van der Waals surface area contributed by atoms with Gasteiger partial charge in [0.25, 0.3) is 0 Å². The van der Waals surface area contributed by atoms with Gasteiger partial charge in [-0.15, -0.1) is 0 Å². The van der Waals surface area contributed by atoms with Gasteiger partial charge in [-0.1, -0.05) is 0 Å². The molecule has 0 aromatic carbocycles. The highest BCUT2D eigenvalue weighted by Crippen LogP contribution is 2.29. The molecular formula is C17H29N5O2. The predicted octanol–water partition coefficient (Wildman–Crippen LogP) is 0.549. The van der Waals surface area contributed by atoms with E-state index in [1.54, 1.807) is 0 Å². The Balaban J connectivity index is 1.85. The van der Waals surface area contributed by atoms with Crippen molar-refractivity contribution in [3.05, 3.63) is 11.8 Å². The van der Waals surface area contributed by atoms with Gasteiger partial charge in [-0.05, 0) is 27.4 Å². The van der Waals surface area contributed by atoms with Crippen LogP contribution in [-0.2, 0) is 4.74 Å². The lowest BCUT2D eigenvalue weighted by atomic mass is 10.0. The van der Waals surface area contributed by atoms with Crippen molar-refractivity contribution in [2.24, 2.45) is 0 Å². The van der Waals surface area contributed by atoms with Crippen molar-refractivity contribution < 1.29 is 9.84 Å². The fourth-order valence-corrected chi connectivity index (χ4v) is 3.09. The van der Waals surface area contributed by atoms with E-state index in [4.69, 9.17) is 14.7 Å². The molecular weight excluding hydrogens is 306 g/mol. The van der Waals surface area contributed by atoms with Crippen LogP contribution in [0.5, 0.6) is 0 Å². The Kier molecular flexibility index (Phi) is 5.53. The second-order valence-electron chi connectivity index (χ2n) is 6.95. The molecule has 0 unspecified atom stereocenters. The number of likely N-dealkylation sites (N-methyl/N-ethyl adjacent to an activating group) is 2. The molecule has 1 aromatic rings. The summed E-state index contributed by atoms with van der Waals surface area (Å²) in [6, 6.07) is 2.12. The Morgan fingerprint density at radius 2 is 2.08 bits per heavy atom. The summed E-state index contributed by atoms with van der Waals surface area (Å²) in [7, 11) is 4.17. The zero-order valence-electron chi connectivity index (χ0n) is 15.0. The summed E-state index contributed by atoms with van der Waals surface area (Å²) >= 11 is 0. The highest BCUT2D eigenvalue weighted by Gasteiger charge is 2.29. The molecule has 0 radical (unpaired) electrons. The van der Waals surface area contributed by atoms with Crippen LogP contribution in [-0.4, -0.2) is 86.1 Å². The van der Waals surface area contributed by atoms with Gasteiger partial charge in [0, 0.05) is 51.3 Å². The largest absolute Gasteiger partial charge is 0.389 e. The molecule has 1 N–H and O–H groups in total. The number of β-amino-alcohol motifs (C(OH)–C–C–N with tert-alkyl or cyclic N) is 1. The number of aliphatic hydroxyl groups excluding tert-OH is 1. The number of hydrogen-bond acceptors (Lipinski definition) is 7. The molecule has 0 amide bonds. The van der Waals surface area contributed by atoms with Crippen LogP contribution in [0.1, 0.15) is 25.0 Å². The molecule has 7 heteroatoms. The second kappa shape index (κ2) is 7.63. The highest BCUT2D eigenvalue weighted by molar-refractivity contribution is 5.48. The molecule has 0 aliphatic carbocycles. The van der Waals surface area contributed by atoms with Crippen molar-refractivity contribution >= 4 is 11.8 Å². The molecule has 134 valence electrons. The third-order valence-corrected chi connectivity index (χ3v) is 4.74. The minimum atomic E-state index is -0.258. The summed E-state index contributed by atoms with van der Waals surface area (Å²) in [5.74, 6) is 2.07. The number of rotatable bonds is 7. The monoisotopic (exact) mass is 335 g/mol. The van der Waals surface area contributed by atoms with Crippen molar-refractivity contribution in [3.8, 4) is 0 Å². The fourth-order valence-electron chi connectivity index (χ4n) is 3.09. The van der Waals surface area contributed by atoms with Gasteiger partial charge in [0.1, 0.15) is 5.82 Å². The Morgan fingerprint density at radius 1 is 1.29 bits per heavy atom. The van der Waals surface area contributed by atoms with E-state index in [2.05, 4.69) is 36.9 Å². The zero-order chi connectivity index (χ0) is 17.1. The van der Waals surface area contributed by atoms with Crippen molar-refractivity contribution in [1.29, 1.82) is 0 Å².